The van der Waals surface area contributed by atoms with Crippen LogP contribution in [0.4, 0.5) is 0 Å². The summed E-state index contributed by atoms with van der Waals surface area (Å²) in [7, 11) is 0. The molecular weight excluding hydrogens is 174 g/mol. The van der Waals surface area contributed by atoms with Gasteiger partial charge in [-0.05, 0) is 50.2 Å². The summed E-state index contributed by atoms with van der Waals surface area (Å²) in [4.78, 5) is 2.52. The monoisotopic (exact) mass is 199 g/mol. The molecule has 1 aliphatic rings. The van der Waals surface area contributed by atoms with Crippen molar-refractivity contribution in [3.05, 3.63) is 0 Å². The largest absolute Gasteiger partial charge is 0.396 e. The van der Waals surface area contributed by atoms with Crippen LogP contribution < -0.4 is 0 Å². The molecule has 0 unspecified atom stereocenters. The van der Waals surface area contributed by atoms with Gasteiger partial charge >= 0.3 is 0 Å². The quantitative estimate of drug-likeness (QED) is 0.749. The number of aliphatic hydroxyl groups excluding tert-OH is 1. The Morgan fingerprint density at radius 2 is 1.86 bits per heavy atom. The Morgan fingerprint density at radius 1 is 1.29 bits per heavy atom. The van der Waals surface area contributed by atoms with Gasteiger partial charge < -0.3 is 10.0 Å². The molecule has 1 saturated heterocycles. The third-order valence-electron chi connectivity index (χ3n) is 3.90. The van der Waals surface area contributed by atoms with Gasteiger partial charge in [0.25, 0.3) is 0 Å². The third kappa shape index (κ3) is 2.96. The number of hydrogen-bond acceptors (Lipinski definition) is 2. The molecule has 14 heavy (non-hydrogen) atoms. The first-order valence-corrected chi connectivity index (χ1v) is 5.93. The van der Waals surface area contributed by atoms with E-state index in [1.807, 2.05) is 0 Å². The lowest BCUT2D eigenvalue weighted by molar-refractivity contribution is 0.0799. The summed E-state index contributed by atoms with van der Waals surface area (Å²) >= 11 is 0. The summed E-state index contributed by atoms with van der Waals surface area (Å²) in [6, 6.07) is 0. The van der Waals surface area contributed by atoms with Crippen LogP contribution in [0.3, 0.4) is 0 Å². The van der Waals surface area contributed by atoms with Crippen molar-refractivity contribution in [1.29, 1.82) is 0 Å². The minimum absolute atomic E-state index is 0.328. The van der Waals surface area contributed by atoms with Crippen molar-refractivity contribution in [2.75, 3.05) is 26.2 Å². The van der Waals surface area contributed by atoms with Gasteiger partial charge in [0.15, 0.2) is 0 Å². The molecule has 0 bridgehead atoms. The lowest BCUT2D eigenvalue weighted by atomic mass is 9.72. The van der Waals surface area contributed by atoms with E-state index in [0.717, 1.165) is 12.3 Å². The van der Waals surface area contributed by atoms with Crippen molar-refractivity contribution in [1.82, 2.24) is 4.90 Å². The van der Waals surface area contributed by atoms with Crippen LogP contribution in [0.2, 0.25) is 0 Å². The molecule has 1 N–H and O–H groups in total. The molecular formula is C12H25NO. The summed E-state index contributed by atoms with van der Waals surface area (Å²) in [5, 5.41) is 9.02. The van der Waals surface area contributed by atoms with Crippen LogP contribution in [0.25, 0.3) is 0 Å². The number of likely N-dealkylation sites (tertiary alicyclic amines) is 1. The molecule has 0 amide bonds. The average molecular weight is 199 g/mol. The van der Waals surface area contributed by atoms with Crippen LogP contribution >= 0.6 is 0 Å². The molecule has 0 aromatic heterocycles. The van der Waals surface area contributed by atoms with Gasteiger partial charge in [-0.3, -0.25) is 0 Å². The zero-order chi connectivity index (χ0) is 10.6. The van der Waals surface area contributed by atoms with E-state index >= 15 is 0 Å². The number of nitrogens with zero attached hydrogens (tertiary/aromatic N) is 1. The van der Waals surface area contributed by atoms with Gasteiger partial charge in [0.1, 0.15) is 0 Å². The Morgan fingerprint density at radius 3 is 2.29 bits per heavy atom. The molecule has 0 aromatic rings. The standard InChI is InChI=1S/C12H25NO/c1-4-13-8-5-11(6-9-13)12(2,3)7-10-14/h11,14H,4-10H2,1-3H3. The number of piperidine rings is 1. The van der Waals surface area contributed by atoms with Gasteiger partial charge in [-0.15, -0.1) is 0 Å². The molecule has 0 saturated carbocycles. The van der Waals surface area contributed by atoms with Crippen molar-refractivity contribution >= 4 is 0 Å². The highest BCUT2D eigenvalue weighted by molar-refractivity contribution is 4.83. The minimum Gasteiger partial charge on any atom is -0.396 e. The number of hydrogen-bond donors (Lipinski definition) is 1. The topological polar surface area (TPSA) is 23.5 Å². The zero-order valence-electron chi connectivity index (χ0n) is 9.92. The number of rotatable bonds is 4. The Labute approximate surface area is 88.3 Å². The molecule has 1 fully saturated rings. The van der Waals surface area contributed by atoms with Crippen molar-refractivity contribution in [3.63, 3.8) is 0 Å². The Balaban J connectivity index is 2.40. The van der Waals surface area contributed by atoms with E-state index in [-0.39, 0.29) is 0 Å². The van der Waals surface area contributed by atoms with Crippen LogP contribution in [0.5, 0.6) is 0 Å². The second-order valence-electron chi connectivity index (χ2n) is 5.17. The van der Waals surface area contributed by atoms with E-state index in [0.29, 0.717) is 12.0 Å². The maximum atomic E-state index is 9.02. The van der Waals surface area contributed by atoms with Gasteiger partial charge in [0, 0.05) is 6.61 Å². The SMILES string of the molecule is CCN1CCC(C(C)(C)CCO)CC1. The fourth-order valence-electron chi connectivity index (χ4n) is 2.52. The second kappa shape index (κ2) is 5.13. The highest BCUT2D eigenvalue weighted by Crippen LogP contribution is 2.37. The van der Waals surface area contributed by atoms with Crippen molar-refractivity contribution in [2.45, 2.75) is 40.0 Å². The van der Waals surface area contributed by atoms with Gasteiger partial charge in [0.05, 0.1) is 0 Å². The smallest absolute Gasteiger partial charge is 0.0436 e. The van der Waals surface area contributed by atoms with E-state index in [1.165, 1.54) is 32.5 Å². The molecule has 2 nitrogen and oxygen atoms in total. The number of aliphatic hydroxyl groups is 1. The molecule has 1 aliphatic heterocycles. The lowest BCUT2D eigenvalue weighted by Crippen LogP contribution is -2.39. The maximum absolute atomic E-state index is 9.02. The Bertz CT molecular complexity index is 160. The van der Waals surface area contributed by atoms with Crippen molar-refractivity contribution < 1.29 is 5.11 Å². The fraction of sp³-hybridized carbons (Fsp3) is 1.00. The van der Waals surface area contributed by atoms with E-state index in [4.69, 9.17) is 5.11 Å². The predicted molar refractivity (Wildman–Crippen MR) is 60.3 cm³/mol. The highest BCUT2D eigenvalue weighted by Gasteiger charge is 2.31. The van der Waals surface area contributed by atoms with Crippen LogP contribution in [0.15, 0.2) is 0 Å². The normalized spacial score (nSPS) is 21.4. The maximum Gasteiger partial charge on any atom is 0.0436 e. The van der Waals surface area contributed by atoms with Gasteiger partial charge in [0.2, 0.25) is 0 Å². The van der Waals surface area contributed by atoms with Crippen LogP contribution in [-0.4, -0.2) is 36.2 Å². The van der Waals surface area contributed by atoms with Gasteiger partial charge in [-0.25, -0.2) is 0 Å². The molecule has 0 aliphatic carbocycles. The van der Waals surface area contributed by atoms with Crippen molar-refractivity contribution in [2.24, 2.45) is 11.3 Å². The Kier molecular flexibility index (Phi) is 4.39. The predicted octanol–water partition coefficient (Wildman–Crippen LogP) is 2.13. The van der Waals surface area contributed by atoms with Crippen molar-refractivity contribution in [3.8, 4) is 0 Å². The molecule has 2 heteroatoms. The van der Waals surface area contributed by atoms with E-state index < -0.39 is 0 Å². The van der Waals surface area contributed by atoms with Crippen LogP contribution in [-0.2, 0) is 0 Å². The summed E-state index contributed by atoms with van der Waals surface area (Å²) < 4.78 is 0. The molecule has 0 spiro atoms. The molecule has 1 rings (SSSR count). The first-order valence-electron chi connectivity index (χ1n) is 5.93. The van der Waals surface area contributed by atoms with Crippen LogP contribution in [0, 0.1) is 11.3 Å². The first kappa shape index (κ1) is 12.0. The Hall–Kier alpha value is -0.0800. The zero-order valence-corrected chi connectivity index (χ0v) is 9.92. The minimum atomic E-state index is 0.328. The third-order valence-corrected chi connectivity index (χ3v) is 3.90. The lowest BCUT2D eigenvalue weighted by Gasteiger charge is -2.40. The molecule has 0 atom stereocenters. The molecule has 0 radical (unpaired) electrons. The van der Waals surface area contributed by atoms with Gasteiger partial charge in [-0.1, -0.05) is 20.8 Å². The van der Waals surface area contributed by atoms with Crippen LogP contribution in [0.1, 0.15) is 40.0 Å². The molecule has 1 heterocycles. The first-order chi connectivity index (χ1) is 6.60. The highest BCUT2D eigenvalue weighted by atomic mass is 16.3. The van der Waals surface area contributed by atoms with E-state index in [2.05, 4.69) is 25.7 Å². The summed E-state index contributed by atoms with van der Waals surface area (Å²) in [6.45, 7) is 10.9. The summed E-state index contributed by atoms with van der Waals surface area (Å²) in [6.07, 6.45) is 3.56. The average Bonchev–Trinajstić information content (AvgIpc) is 2.18. The van der Waals surface area contributed by atoms with E-state index in [1.54, 1.807) is 0 Å². The molecule has 0 aromatic carbocycles. The second-order valence-corrected chi connectivity index (χ2v) is 5.17. The fourth-order valence-corrected chi connectivity index (χ4v) is 2.52. The summed E-state index contributed by atoms with van der Waals surface area (Å²) in [5.41, 5.74) is 0.328. The van der Waals surface area contributed by atoms with Gasteiger partial charge in [-0.2, -0.15) is 0 Å². The van der Waals surface area contributed by atoms with E-state index in [9.17, 15) is 0 Å². The summed E-state index contributed by atoms with van der Waals surface area (Å²) in [5.74, 6) is 0.803. The molecule has 84 valence electrons.